The molecule has 0 fully saturated rings. The molecule has 0 aliphatic rings. The van der Waals surface area contributed by atoms with Crippen molar-refractivity contribution in [3.8, 4) is 0 Å². The summed E-state index contributed by atoms with van der Waals surface area (Å²) >= 11 is 0. The van der Waals surface area contributed by atoms with Crippen LogP contribution in [0.5, 0.6) is 0 Å². The molecule has 0 radical (unpaired) electrons. The van der Waals surface area contributed by atoms with Gasteiger partial charge in [0.1, 0.15) is 19.3 Å². The molecule has 0 heterocycles. The van der Waals surface area contributed by atoms with E-state index in [0.717, 1.165) is 121 Å². The molecule has 0 amide bonds. The number of aliphatic hydroxyl groups is 1. The summed E-state index contributed by atoms with van der Waals surface area (Å²) in [4.78, 5) is 72.6. The Morgan fingerprint density at radius 1 is 0.333 bits per heavy atom. The first-order valence-electron chi connectivity index (χ1n) is 37.8. The summed E-state index contributed by atoms with van der Waals surface area (Å²) in [7, 11) is -9.92. The molecule has 0 rings (SSSR count). The molecule has 93 heavy (non-hydrogen) atoms. The summed E-state index contributed by atoms with van der Waals surface area (Å²) in [6.07, 6.45) is 55.0. The molecule has 17 nitrogen and oxygen atoms in total. The van der Waals surface area contributed by atoms with Gasteiger partial charge in [0, 0.05) is 25.7 Å². The maximum absolute atomic E-state index is 13.1. The van der Waals surface area contributed by atoms with E-state index in [0.29, 0.717) is 31.6 Å². The van der Waals surface area contributed by atoms with E-state index in [1.165, 1.54) is 148 Å². The number of rotatable bonds is 71. The lowest BCUT2D eigenvalue weighted by Gasteiger charge is -2.21. The number of hydrogen-bond acceptors (Lipinski definition) is 15. The number of phosphoric ester groups is 2. The van der Waals surface area contributed by atoms with E-state index in [-0.39, 0.29) is 25.7 Å². The predicted molar refractivity (Wildman–Crippen MR) is 377 cm³/mol. The molecule has 0 saturated heterocycles. The Labute approximate surface area is 567 Å². The second-order valence-electron chi connectivity index (χ2n) is 27.0. The average Bonchev–Trinajstić information content (AvgIpc) is 1.59. The molecule has 0 aromatic rings. The van der Waals surface area contributed by atoms with Crippen LogP contribution in [0.4, 0.5) is 0 Å². The molecule has 0 aromatic carbocycles. The van der Waals surface area contributed by atoms with Crippen LogP contribution in [0.3, 0.4) is 0 Å². The van der Waals surface area contributed by atoms with Gasteiger partial charge in [-0.05, 0) is 63.2 Å². The summed E-state index contributed by atoms with van der Waals surface area (Å²) in [5.41, 5.74) is 0. The zero-order valence-electron chi connectivity index (χ0n) is 60.0. The Hall–Kier alpha value is -2.46. The van der Waals surface area contributed by atoms with Gasteiger partial charge in [-0.3, -0.25) is 37.3 Å². The predicted octanol–water partition coefficient (Wildman–Crippen LogP) is 21.1. The number of phosphoric acid groups is 2. The van der Waals surface area contributed by atoms with Crippen molar-refractivity contribution in [2.45, 2.75) is 374 Å². The van der Waals surface area contributed by atoms with Crippen molar-refractivity contribution in [2.75, 3.05) is 39.6 Å². The molecule has 19 heteroatoms. The monoisotopic (exact) mass is 1360 g/mol. The standard InChI is InChI=1S/C74H140O17P2/c1-7-9-11-13-15-17-19-21-22-26-30-33-37-44-50-56-71(76)84-62-69(90-74(79)59-53-47-39-35-31-27-24-23-25-28-32-36-42-48-54-66(3)4)64-88-92(80,81)86-60-68(75)61-87-93(82,83)89-65-70(63-85-72(77)57-51-45-41-40-43-49-55-67(5)6)91-73(78)58-52-46-38-34-29-20-18-16-14-12-10-8-2/h17,19,21-22,66-70,75H,7-16,18,20,23-65H2,1-6H3,(H,80,81)(H,82,83)/b19-17-,22-21-/t68-,69-,70-/m1/s1. The second kappa shape index (κ2) is 65.5. The van der Waals surface area contributed by atoms with E-state index in [1.807, 2.05) is 0 Å². The van der Waals surface area contributed by atoms with Crippen molar-refractivity contribution < 1.29 is 80.2 Å². The minimum Gasteiger partial charge on any atom is -0.462 e. The van der Waals surface area contributed by atoms with Crippen LogP contribution in [0.15, 0.2) is 24.3 Å². The molecule has 0 spiro atoms. The summed E-state index contributed by atoms with van der Waals surface area (Å²) in [6.45, 7) is 9.45. The molecule has 0 bridgehead atoms. The van der Waals surface area contributed by atoms with Crippen LogP contribution in [0.25, 0.3) is 0 Å². The molecule has 0 aliphatic heterocycles. The third kappa shape index (κ3) is 67.9. The normalized spacial score (nSPS) is 14.2. The Morgan fingerprint density at radius 2 is 0.581 bits per heavy atom. The van der Waals surface area contributed by atoms with Crippen LogP contribution < -0.4 is 0 Å². The van der Waals surface area contributed by atoms with Gasteiger partial charge >= 0.3 is 39.5 Å². The first-order valence-corrected chi connectivity index (χ1v) is 40.8. The van der Waals surface area contributed by atoms with Gasteiger partial charge in [-0.25, -0.2) is 9.13 Å². The largest absolute Gasteiger partial charge is 0.472 e. The summed E-state index contributed by atoms with van der Waals surface area (Å²) < 4.78 is 68.4. The van der Waals surface area contributed by atoms with Crippen LogP contribution in [-0.4, -0.2) is 96.7 Å². The summed E-state index contributed by atoms with van der Waals surface area (Å²) in [6, 6.07) is 0. The number of allylic oxidation sites excluding steroid dienone is 4. The van der Waals surface area contributed by atoms with Crippen molar-refractivity contribution in [1.82, 2.24) is 0 Å². The zero-order chi connectivity index (χ0) is 68.6. The van der Waals surface area contributed by atoms with Crippen molar-refractivity contribution in [3.63, 3.8) is 0 Å². The molecule has 2 unspecified atom stereocenters. The summed E-state index contributed by atoms with van der Waals surface area (Å²) in [5, 5.41) is 10.6. The Bertz CT molecular complexity index is 1900. The molecule has 5 atom stereocenters. The van der Waals surface area contributed by atoms with E-state index < -0.39 is 97.5 Å². The third-order valence-corrected chi connectivity index (χ3v) is 18.5. The van der Waals surface area contributed by atoms with Crippen molar-refractivity contribution in [2.24, 2.45) is 11.8 Å². The Balaban J connectivity index is 5.27. The molecule has 0 aromatic heterocycles. The highest BCUT2D eigenvalue weighted by Crippen LogP contribution is 2.45. The van der Waals surface area contributed by atoms with Gasteiger partial charge in [-0.15, -0.1) is 0 Å². The van der Waals surface area contributed by atoms with E-state index in [1.54, 1.807) is 0 Å². The number of carbonyl (C=O) groups is 4. The fourth-order valence-corrected chi connectivity index (χ4v) is 12.3. The van der Waals surface area contributed by atoms with E-state index in [2.05, 4.69) is 65.8 Å². The lowest BCUT2D eigenvalue weighted by Crippen LogP contribution is -2.30. The van der Waals surface area contributed by atoms with Crippen molar-refractivity contribution in [3.05, 3.63) is 24.3 Å². The zero-order valence-corrected chi connectivity index (χ0v) is 61.8. The molecule has 3 N–H and O–H groups in total. The van der Waals surface area contributed by atoms with E-state index in [9.17, 15) is 43.2 Å². The van der Waals surface area contributed by atoms with Crippen LogP contribution in [-0.2, 0) is 65.4 Å². The number of esters is 4. The van der Waals surface area contributed by atoms with Gasteiger partial charge in [-0.1, -0.05) is 303 Å². The van der Waals surface area contributed by atoms with E-state index >= 15 is 0 Å². The first kappa shape index (κ1) is 90.5. The van der Waals surface area contributed by atoms with Gasteiger partial charge < -0.3 is 33.8 Å². The minimum atomic E-state index is -4.96. The number of unbranched alkanes of at least 4 members (excludes halogenated alkanes) is 38. The van der Waals surface area contributed by atoms with Crippen molar-refractivity contribution in [1.29, 1.82) is 0 Å². The molecular formula is C74H140O17P2. The topological polar surface area (TPSA) is 237 Å². The third-order valence-electron chi connectivity index (χ3n) is 16.6. The highest BCUT2D eigenvalue weighted by molar-refractivity contribution is 7.47. The van der Waals surface area contributed by atoms with Gasteiger partial charge in [0.05, 0.1) is 26.4 Å². The molecule has 0 saturated carbocycles. The van der Waals surface area contributed by atoms with Crippen LogP contribution in [0.2, 0.25) is 0 Å². The van der Waals surface area contributed by atoms with Gasteiger partial charge in [-0.2, -0.15) is 0 Å². The van der Waals surface area contributed by atoms with E-state index in [4.69, 9.17) is 37.0 Å². The lowest BCUT2D eigenvalue weighted by molar-refractivity contribution is -0.161. The number of carbonyl (C=O) groups excluding carboxylic acids is 4. The van der Waals surface area contributed by atoms with Gasteiger partial charge in [0.15, 0.2) is 12.2 Å². The van der Waals surface area contributed by atoms with Crippen LogP contribution in [0, 0.1) is 11.8 Å². The van der Waals surface area contributed by atoms with Crippen LogP contribution >= 0.6 is 15.6 Å². The maximum atomic E-state index is 13.1. The minimum absolute atomic E-state index is 0.100. The summed E-state index contributed by atoms with van der Waals surface area (Å²) in [5.74, 6) is -0.679. The SMILES string of the molecule is CCCCCC/C=C\C=C/CCCCCCCC(=O)OC[C@H](COP(=O)(O)OC[C@@H](O)COP(=O)(O)OC[C@@H](COC(=O)CCCCCCCCC(C)C)OC(=O)CCCCCCCCCCCCCC)OC(=O)CCCCCCCCCCCCCCCCC(C)C. The fourth-order valence-electron chi connectivity index (χ4n) is 10.8. The average molecular weight is 1360 g/mol. The van der Waals surface area contributed by atoms with Crippen molar-refractivity contribution >= 4 is 39.5 Å². The Morgan fingerprint density at radius 3 is 0.882 bits per heavy atom. The maximum Gasteiger partial charge on any atom is 0.472 e. The quantitative estimate of drug-likeness (QED) is 0.0169. The number of ether oxygens (including phenoxy) is 4. The highest BCUT2D eigenvalue weighted by Gasteiger charge is 2.30. The first-order chi connectivity index (χ1) is 44.9. The molecule has 0 aliphatic carbocycles. The van der Waals surface area contributed by atoms with Gasteiger partial charge in [0.2, 0.25) is 0 Å². The second-order valence-corrected chi connectivity index (χ2v) is 29.9. The lowest BCUT2D eigenvalue weighted by atomic mass is 10.0. The number of hydrogen-bond donors (Lipinski definition) is 3. The number of aliphatic hydroxyl groups excluding tert-OH is 1. The van der Waals surface area contributed by atoms with Gasteiger partial charge in [0.25, 0.3) is 0 Å². The highest BCUT2D eigenvalue weighted by atomic mass is 31.2. The van der Waals surface area contributed by atoms with Crippen LogP contribution in [0.1, 0.15) is 356 Å². The fraction of sp³-hybridized carbons (Fsp3) is 0.892. The smallest absolute Gasteiger partial charge is 0.462 e. The Kier molecular flexibility index (Phi) is 63.7. The molecular weight excluding hydrogens is 1220 g/mol. The molecule has 548 valence electrons.